The van der Waals surface area contributed by atoms with Gasteiger partial charge in [0.05, 0.1) is 17.2 Å². The van der Waals surface area contributed by atoms with Crippen molar-refractivity contribution in [3.63, 3.8) is 0 Å². The zero-order valence-corrected chi connectivity index (χ0v) is 13.4. The Morgan fingerprint density at radius 2 is 1.79 bits per heavy atom. The normalized spacial score (nSPS) is 12.6. The predicted octanol–water partition coefficient (Wildman–Crippen LogP) is 0.312. The van der Waals surface area contributed by atoms with Crippen molar-refractivity contribution in [2.75, 3.05) is 13.2 Å². The van der Waals surface area contributed by atoms with Crippen molar-refractivity contribution >= 4 is 22.1 Å². The molecule has 1 atom stereocenters. The Labute approximate surface area is 138 Å². The number of carboxylic acids is 1. The van der Waals surface area contributed by atoms with Gasteiger partial charge >= 0.3 is 11.9 Å². The third kappa shape index (κ3) is 5.57. The van der Waals surface area contributed by atoms with E-state index >= 15 is 0 Å². The number of ether oxygens (including phenoxy) is 1. The van der Waals surface area contributed by atoms with E-state index in [1.807, 2.05) is 0 Å². The minimum Gasteiger partial charge on any atom is -0.478 e. The van der Waals surface area contributed by atoms with Gasteiger partial charge in [0.1, 0.15) is 11.5 Å². The molecule has 0 amide bonds. The van der Waals surface area contributed by atoms with Crippen LogP contribution >= 0.6 is 0 Å². The summed E-state index contributed by atoms with van der Waals surface area (Å²) in [5.74, 6) is -2.83. The van der Waals surface area contributed by atoms with Gasteiger partial charge in [-0.1, -0.05) is 6.07 Å². The third-order valence-corrected chi connectivity index (χ3v) is 4.03. The number of aliphatic hydroxyl groups excluding tert-OH is 2. The number of carboxylic acid groups (broad SMARTS) is 1. The first-order valence-corrected chi connectivity index (χ1v) is 8.42. The summed E-state index contributed by atoms with van der Waals surface area (Å²) in [5.41, 5.74) is -1.41. The number of hydrogen-bond donors (Lipinski definition) is 4. The summed E-state index contributed by atoms with van der Waals surface area (Å²) in [6, 6.07) is 3.05. The van der Waals surface area contributed by atoms with E-state index in [-0.39, 0.29) is 13.0 Å². The number of carbonyl (C=O) groups is 2. The number of rotatable bonds is 9. The summed E-state index contributed by atoms with van der Waals surface area (Å²) >= 11 is 0. The van der Waals surface area contributed by atoms with E-state index in [4.69, 9.17) is 14.9 Å². The average Bonchev–Trinajstić information content (AvgIpc) is 2.51. The van der Waals surface area contributed by atoms with Gasteiger partial charge in [0.15, 0.2) is 0 Å². The van der Waals surface area contributed by atoms with Crippen LogP contribution < -0.4 is 0 Å². The Morgan fingerprint density at radius 1 is 1.17 bits per heavy atom. The van der Waals surface area contributed by atoms with Crippen LogP contribution in [-0.4, -0.2) is 59.5 Å². The minimum absolute atomic E-state index is 0.0355. The summed E-state index contributed by atoms with van der Waals surface area (Å²) in [6.45, 7) is -0.474. The molecule has 1 unspecified atom stereocenters. The molecule has 134 valence electrons. The monoisotopic (exact) mass is 362 g/mol. The lowest BCUT2D eigenvalue weighted by molar-refractivity contribution is 0.0226. The van der Waals surface area contributed by atoms with Gasteiger partial charge < -0.3 is 20.1 Å². The van der Waals surface area contributed by atoms with Crippen molar-refractivity contribution in [1.82, 2.24) is 0 Å². The first-order chi connectivity index (χ1) is 11.2. The lowest BCUT2D eigenvalue weighted by Gasteiger charge is -2.13. The molecule has 10 heteroatoms. The lowest BCUT2D eigenvalue weighted by Crippen LogP contribution is -2.21. The van der Waals surface area contributed by atoms with Crippen LogP contribution in [0.5, 0.6) is 0 Å². The molecule has 0 aliphatic rings. The molecule has 1 rings (SSSR count). The molecule has 0 heterocycles. The number of hydrogen-bond acceptors (Lipinski definition) is 7. The lowest BCUT2D eigenvalue weighted by atomic mass is 10.1. The highest BCUT2D eigenvalue weighted by Gasteiger charge is 2.28. The summed E-state index contributed by atoms with van der Waals surface area (Å²) in [4.78, 5) is 22.0. The van der Waals surface area contributed by atoms with Crippen LogP contribution in [0.4, 0.5) is 0 Å². The van der Waals surface area contributed by atoms with Gasteiger partial charge in [0.2, 0.25) is 0 Å². The van der Waals surface area contributed by atoms with Crippen molar-refractivity contribution in [3.8, 4) is 0 Å². The van der Waals surface area contributed by atoms with Crippen LogP contribution in [0.1, 0.15) is 40.0 Å². The topological polar surface area (TPSA) is 158 Å². The number of benzene rings is 1. The average molecular weight is 362 g/mol. The maximum Gasteiger partial charge on any atom is 0.339 e. The Bertz CT molecular complexity index is 696. The van der Waals surface area contributed by atoms with Gasteiger partial charge in [-0.3, -0.25) is 4.55 Å². The fourth-order valence-electron chi connectivity index (χ4n) is 1.97. The zero-order valence-electron chi connectivity index (χ0n) is 12.6. The van der Waals surface area contributed by atoms with Crippen LogP contribution in [0, 0.1) is 0 Å². The minimum atomic E-state index is -4.98. The van der Waals surface area contributed by atoms with Gasteiger partial charge in [0, 0.05) is 6.61 Å². The van der Waals surface area contributed by atoms with Crippen molar-refractivity contribution in [2.24, 2.45) is 0 Å². The van der Waals surface area contributed by atoms with Gasteiger partial charge in [0.25, 0.3) is 10.1 Å². The molecule has 0 fully saturated rings. The van der Waals surface area contributed by atoms with Crippen LogP contribution in [0.25, 0.3) is 0 Å². The number of carbonyl (C=O) groups excluding carboxylic acids is 1. The van der Waals surface area contributed by atoms with Crippen LogP contribution in [0.3, 0.4) is 0 Å². The van der Waals surface area contributed by atoms with E-state index in [1.54, 1.807) is 0 Å². The highest BCUT2D eigenvalue weighted by Crippen LogP contribution is 2.22. The van der Waals surface area contributed by atoms with Gasteiger partial charge in [-0.15, -0.1) is 0 Å². The molecule has 0 saturated carbocycles. The Balaban J connectivity index is 2.95. The zero-order chi connectivity index (χ0) is 18.3. The second-order valence-electron chi connectivity index (χ2n) is 4.93. The summed E-state index contributed by atoms with van der Waals surface area (Å²) in [6.07, 6.45) is 0.213. The molecule has 0 bridgehead atoms. The SMILES string of the molecule is O=C(O)c1cccc(C(=O)OCC(O)CCCCO)c1S(=O)(=O)O. The molecule has 1 aromatic carbocycles. The van der Waals surface area contributed by atoms with Gasteiger partial charge in [-0.2, -0.15) is 8.42 Å². The smallest absolute Gasteiger partial charge is 0.339 e. The summed E-state index contributed by atoms with van der Waals surface area (Å²) in [5, 5.41) is 27.2. The molecule has 0 aliphatic carbocycles. The molecule has 1 aromatic rings. The molecule has 0 saturated heterocycles. The first-order valence-electron chi connectivity index (χ1n) is 6.98. The van der Waals surface area contributed by atoms with Gasteiger partial charge in [-0.25, -0.2) is 9.59 Å². The summed E-state index contributed by atoms with van der Waals surface area (Å²) < 4.78 is 36.8. The molecular formula is C14H18O9S. The van der Waals surface area contributed by atoms with E-state index in [0.29, 0.717) is 12.8 Å². The van der Waals surface area contributed by atoms with Crippen molar-refractivity contribution in [3.05, 3.63) is 29.3 Å². The Morgan fingerprint density at radius 3 is 2.33 bits per heavy atom. The third-order valence-electron chi connectivity index (χ3n) is 3.08. The Kier molecular flexibility index (Phi) is 7.29. The molecule has 0 aromatic heterocycles. The summed E-state index contributed by atoms with van der Waals surface area (Å²) in [7, 11) is -4.98. The number of aliphatic hydroxyl groups is 2. The van der Waals surface area contributed by atoms with Crippen LogP contribution in [-0.2, 0) is 14.9 Å². The molecule has 0 radical (unpaired) electrons. The maximum absolute atomic E-state index is 12.0. The second-order valence-corrected chi connectivity index (χ2v) is 6.29. The largest absolute Gasteiger partial charge is 0.478 e. The van der Waals surface area contributed by atoms with Crippen molar-refractivity contribution in [1.29, 1.82) is 0 Å². The Hall–Kier alpha value is -2.01. The fraction of sp³-hybridized carbons (Fsp3) is 0.429. The molecule has 0 spiro atoms. The maximum atomic E-state index is 12.0. The highest BCUT2D eigenvalue weighted by atomic mass is 32.2. The molecular weight excluding hydrogens is 344 g/mol. The molecule has 9 nitrogen and oxygen atoms in total. The van der Waals surface area contributed by atoms with Crippen molar-refractivity contribution in [2.45, 2.75) is 30.3 Å². The van der Waals surface area contributed by atoms with Crippen molar-refractivity contribution < 1.29 is 42.6 Å². The highest BCUT2D eigenvalue weighted by molar-refractivity contribution is 7.86. The fourth-order valence-corrected chi connectivity index (χ4v) is 2.83. The molecule has 24 heavy (non-hydrogen) atoms. The van der Waals surface area contributed by atoms with E-state index < -0.39 is 50.8 Å². The number of esters is 1. The van der Waals surface area contributed by atoms with Gasteiger partial charge in [-0.05, 0) is 31.4 Å². The second kappa shape index (κ2) is 8.73. The number of unbranched alkanes of at least 4 members (excludes halogenated alkanes) is 1. The number of aromatic carboxylic acids is 1. The predicted molar refractivity (Wildman–Crippen MR) is 80.4 cm³/mol. The standard InChI is InChI=1S/C14H18O9S/c15-7-2-1-4-9(16)8-23-14(19)11-6-3-5-10(13(17)18)12(11)24(20,21)22/h3,5-6,9,15-16H,1-2,4,7-8H2,(H,17,18)(H,20,21,22). The van der Waals surface area contributed by atoms with E-state index in [0.717, 1.165) is 18.2 Å². The first kappa shape index (κ1) is 20.0. The quantitative estimate of drug-likeness (QED) is 0.275. The molecule has 0 aliphatic heterocycles. The van der Waals surface area contributed by atoms with E-state index in [2.05, 4.69) is 0 Å². The van der Waals surface area contributed by atoms with Crippen LogP contribution in [0.2, 0.25) is 0 Å². The van der Waals surface area contributed by atoms with E-state index in [1.165, 1.54) is 0 Å². The van der Waals surface area contributed by atoms with Crippen LogP contribution in [0.15, 0.2) is 23.1 Å². The molecule has 4 N–H and O–H groups in total. The van der Waals surface area contributed by atoms with E-state index in [9.17, 15) is 27.7 Å².